The Balaban J connectivity index is 1.44. The molecule has 0 aliphatic carbocycles. The molecule has 4 heterocycles. The van der Waals surface area contributed by atoms with Gasteiger partial charge in [0.25, 0.3) is 11.1 Å². The summed E-state index contributed by atoms with van der Waals surface area (Å²) in [6.07, 6.45) is 3.35. The Labute approximate surface area is 194 Å². The number of carbonyl (C=O) groups excluding carboxylic acids is 2. The van der Waals surface area contributed by atoms with E-state index in [1.54, 1.807) is 22.9 Å². The number of likely N-dealkylation sites (N-methyl/N-ethyl adjacent to an activating group) is 1. The van der Waals surface area contributed by atoms with Gasteiger partial charge in [-0.05, 0) is 48.6 Å². The second kappa shape index (κ2) is 8.57. The smallest absolute Gasteiger partial charge is 0.290 e. The van der Waals surface area contributed by atoms with Crippen LogP contribution in [0.25, 0.3) is 23.0 Å². The summed E-state index contributed by atoms with van der Waals surface area (Å²) in [7, 11) is 0. The Kier molecular flexibility index (Phi) is 5.62. The fraction of sp³-hybridized carbons (Fsp3) is 0.273. The molecule has 3 aromatic rings. The van der Waals surface area contributed by atoms with Crippen LogP contribution in [-0.4, -0.2) is 63.4 Å². The summed E-state index contributed by atoms with van der Waals surface area (Å²) in [5.74, 6) is -0.408. The molecule has 1 aromatic carbocycles. The SMILES string of the molecule is CCN1CCN(c2ccc(-c3cnc4ccc(C=C5SC(=O)NC5=O)nn34)cc2Cl)CC1. The van der Waals surface area contributed by atoms with Crippen LogP contribution < -0.4 is 10.2 Å². The Morgan fingerprint density at radius 3 is 2.66 bits per heavy atom. The minimum absolute atomic E-state index is 0.319. The second-order valence-electron chi connectivity index (χ2n) is 7.61. The lowest BCUT2D eigenvalue weighted by atomic mass is 10.1. The predicted molar refractivity (Wildman–Crippen MR) is 127 cm³/mol. The van der Waals surface area contributed by atoms with Crippen molar-refractivity contribution in [1.82, 2.24) is 24.8 Å². The number of piperazine rings is 1. The second-order valence-corrected chi connectivity index (χ2v) is 9.03. The number of thioether (sulfide) groups is 1. The average molecular weight is 469 g/mol. The van der Waals surface area contributed by atoms with E-state index in [1.807, 2.05) is 18.2 Å². The van der Waals surface area contributed by atoms with Crippen molar-refractivity contribution in [3.63, 3.8) is 0 Å². The van der Waals surface area contributed by atoms with Crippen molar-refractivity contribution in [2.24, 2.45) is 0 Å². The zero-order chi connectivity index (χ0) is 22.2. The number of halogens is 1. The molecule has 10 heteroatoms. The molecule has 0 saturated carbocycles. The highest BCUT2D eigenvalue weighted by Gasteiger charge is 2.25. The van der Waals surface area contributed by atoms with Crippen molar-refractivity contribution < 1.29 is 9.59 Å². The third-order valence-corrected chi connectivity index (χ3v) is 6.82. The van der Waals surface area contributed by atoms with Gasteiger partial charge in [-0.2, -0.15) is 5.10 Å². The first-order valence-corrected chi connectivity index (χ1v) is 11.6. The van der Waals surface area contributed by atoms with Gasteiger partial charge in [0.2, 0.25) is 0 Å². The van der Waals surface area contributed by atoms with Crippen LogP contribution in [0, 0.1) is 0 Å². The summed E-state index contributed by atoms with van der Waals surface area (Å²) >= 11 is 7.55. The molecule has 0 atom stereocenters. The van der Waals surface area contributed by atoms with Crippen molar-refractivity contribution in [3.05, 3.63) is 52.2 Å². The number of nitrogens with zero attached hydrogens (tertiary/aromatic N) is 5. The van der Waals surface area contributed by atoms with E-state index in [0.29, 0.717) is 21.3 Å². The molecule has 2 aliphatic heterocycles. The van der Waals surface area contributed by atoms with Gasteiger partial charge in [0.15, 0.2) is 5.65 Å². The highest BCUT2D eigenvalue weighted by atomic mass is 35.5. The molecule has 2 amide bonds. The van der Waals surface area contributed by atoms with Gasteiger partial charge in [-0.15, -0.1) is 0 Å². The molecule has 2 saturated heterocycles. The van der Waals surface area contributed by atoms with Gasteiger partial charge in [-0.3, -0.25) is 14.9 Å². The van der Waals surface area contributed by atoms with Crippen LogP contribution in [0.1, 0.15) is 12.6 Å². The summed E-state index contributed by atoms with van der Waals surface area (Å²) in [4.78, 5) is 32.7. The molecular formula is C22H21ClN6O2S. The van der Waals surface area contributed by atoms with Gasteiger partial charge in [0, 0.05) is 31.7 Å². The van der Waals surface area contributed by atoms with E-state index in [4.69, 9.17) is 11.6 Å². The van der Waals surface area contributed by atoms with Crippen LogP contribution in [0.2, 0.25) is 5.02 Å². The number of benzene rings is 1. The average Bonchev–Trinajstić information content (AvgIpc) is 3.35. The third kappa shape index (κ3) is 3.99. The lowest BCUT2D eigenvalue weighted by Gasteiger charge is -2.36. The lowest BCUT2D eigenvalue weighted by Crippen LogP contribution is -2.46. The largest absolute Gasteiger partial charge is 0.368 e. The first-order chi connectivity index (χ1) is 15.5. The summed E-state index contributed by atoms with van der Waals surface area (Å²) in [6.45, 7) is 7.23. The van der Waals surface area contributed by atoms with Crippen molar-refractivity contribution in [3.8, 4) is 11.3 Å². The van der Waals surface area contributed by atoms with Crippen LogP contribution >= 0.6 is 23.4 Å². The number of imidazole rings is 1. The van der Waals surface area contributed by atoms with Crippen LogP contribution in [-0.2, 0) is 4.79 Å². The van der Waals surface area contributed by atoms with Gasteiger partial charge in [-0.25, -0.2) is 9.50 Å². The van der Waals surface area contributed by atoms with Gasteiger partial charge < -0.3 is 9.80 Å². The third-order valence-electron chi connectivity index (χ3n) is 5.71. The fourth-order valence-electron chi connectivity index (χ4n) is 3.94. The molecule has 0 spiro atoms. The maximum absolute atomic E-state index is 11.8. The fourth-order valence-corrected chi connectivity index (χ4v) is 4.91. The molecule has 1 N–H and O–H groups in total. The maximum Gasteiger partial charge on any atom is 0.290 e. The highest BCUT2D eigenvalue weighted by molar-refractivity contribution is 8.18. The molecule has 2 aromatic heterocycles. The van der Waals surface area contributed by atoms with Gasteiger partial charge in [-0.1, -0.05) is 24.6 Å². The molecule has 2 fully saturated rings. The van der Waals surface area contributed by atoms with Crippen molar-refractivity contribution in [2.75, 3.05) is 37.6 Å². The highest BCUT2D eigenvalue weighted by Crippen LogP contribution is 2.32. The molecule has 2 aliphatic rings. The molecule has 0 bridgehead atoms. The number of nitrogens with one attached hydrogen (secondary N) is 1. The normalized spacial score (nSPS) is 18.7. The number of hydrogen-bond acceptors (Lipinski definition) is 7. The monoisotopic (exact) mass is 468 g/mol. The molecular weight excluding hydrogens is 448 g/mol. The van der Waals surface area contributed by atoms with E-state index in [0.717, 1.165) is 61.4 Å². The zero-order valence-corrected chi connectivity index (χ0v) is 19.0. The summed E-state index contributed by atoms with van der Waals surface area (Å²) in [5.41, 5.74) is 3.97. The van der Waals surface area contributed by atoms with Gasteiger partial charge in [0.1, 0.15) is 0 Å². The zero-order valence-electron chi connectivity index (χ0n) is 17.4. The number of anilines is 1. The molecule has 164 valence electrons. The molecule has 32 heavy (non-hydrogen) atoms. The standard InChI is InChI=1S/C22H21ClN6O2S/c1-2-27-7-9-28(10-8-27)17-5-3-14(11-16(17)23)18-13-24-20-6-4-15(26-29(18)20)12-19-21(30)25-22(31)32-19/h3-6,11-13H,2,7-10H2,1H3,(H,25,30,31). The Bertz CT molecular complexity index is 1250. The van der Waals surface area contributed by atoms with Crippen molar-refractivity contribution in [2.45, 2.75) is 6.92 Å². The topological polar surface area (TPSA) is 82.8 Å². The van der Waals surface area contributed by atoms with Gasteiger partial charge >= 0.3 is 0 Å². The van der Waals surface area contributed by atoms with Crippen LogP contribution in [0.4, 0.5) is 10.5 Å². The first kappa shape index (κ1) is 21.0. The Morgan fingerprint density at radius 2 is 1.97 bits per heavy atom. The first-order valence-electron chi connectivity index (χ1n) is 10.4. The van der Waals surface area contributed by atoms with E-state index < -0.39 is 5.91 Å². The van der Waals surface area contributed by atoms with Crippen LogP contribution in [0.15, 0.2) is 41.4 Å². The summed E-state index contributed by atoms with van der Waals surface area (Å²) in [5, 5.41) is 7.17. The number of aromatic nitrogens is 3. The molecule has 0 radical (unpaired) electrons. The van der Waals surface area contributed by atoms with E-state index >= 15 is 0 Å². The van der Waals surface area contributed by atoms with Crippen LogP contribution in [0.3, 0.4) is 0 Å². The van der Waals surface area contributed by atoms with Crippen molar-refractivity contribution >= 4 is 51.9 Å². The van der Waals surface area contributed by atoms with Crippen molar-refractivity contribution in [1.29, 1.82) is 0 Å². The number of imide groups is 1. The summed E-state index contributed by atoms with van der Waals surface area (Å²) in [6, 6.07) is 9.61. The number of fused-ring (bicyclic) bond motifs is 1. The van der Waals surface area contributed by atoms with E-state index in [1.165, 1.54) is 0 Å². The minimum atomic E-state index is -0.408. The number of amides is 2. The Hall–Kier alpha value is -2.88. The number of hydrogen-bond donors (Lipinski definition) is 1. The Morgan fingerprint density at radius 1 is 1.16 bits per heavy atom. The molecule has 5 rings (SSSR count). The minimum Gasteiger partial charge on any atom is -0.368 e. The predicted octanol–water partition coefficient (Wildman–Crippen LogP) is 3.52. The van der Waals surface area contributed by atoms with E-state index in [-0.39, 0.29) is 5.24 Å². The van der Waals surface area contributed by atoms with Gasteiger partial charge in [0.05, 0.1) is 33.2 Å². The van der Waals surface area contributed by atoms with Crippen LogP contribution in [0.5, 0.6) is 0 Å². The number of rotatable bonds is 4. The quantitative estimate of drug-likeness (QED) is 0.586. The molecule has 0 unspecified atom stereocenters. The maximum atomic E-state index is 11.8. The molecule has 8 nitrogen and oxygen atoms in total. The van der Waals surface area contributed by atoms with E-state index in [2.05, 4.69) is 38.2 Å². The van der Waals surface area contributed by atoms with E-state index in [9.17, 15) is 9.59 Å². The summed E-state index contributed by atoms with van der Waals surface area (Å²) < 4.78 is 1.72. The lowest BCUT2D eigenvalue weighted by molar-refractivity contribution is -0.115. The number of carbonyl (C=O) groups is 2.